The van der Waals surface area contributed by atoms with Crippen molar-refractivity contribution in [2.75, 3.05) is 7.05 Å². The summed E-state index contributed by atoms with van der Waals surface area (Å²) >= 11 is 0. The number of rotatable bonds is 6. The van der Waals surface area contributed by atoms with Gasteiger partial charge in [0.15, 0.2) is 0 Å². The zero-order valence-corrected chi connectivity index (χ0v) is 18.4. The third kappa shape index (κ3) is 4.53. The number of nitrogens with one attached hydrogen (secondary N) is 1. The van der Waals surface area contributed by atoms with E-state index in [1.807, 2.05) is 60.7 Å². The Bertz CT molecular complexity index is 1050. The standard InChI is InChI=1S/C27H29N3O2/c1-30-22-11-12-23(30)16-25(15-22)32-24-9-5-6-19(14-24)17-29-27(31)26-13-10-21(18-28-26)20-7-3-2-4-8-20/h2-10,13-14,18,22-23,25H,11-12,15-17H2,1H3,(H,29,31)/t22-,23+,25-. The van der Waals surface area contributed by atoms with Crippen LogP contribution in [0.15, 0.2) is 72.9 Å². The fourth-order valence-corrected chi connectivity index (χ4v) is 4.98. The van der Waals surface area contributed by atoms with E-state index in [1.165, 1.54) is 12.8 Å². The third-order valence-corrected chi connectivity index (χ3v) is 6.81. The summed E-state index contributed by atoms with van der Waals surface area (Å²) in [5.41, 5.74) is 3.52. The minimum atomic E-state index is -0.178. The van der Waals surface area contributed by atoms with Crippen LogP contribution in [0.2, 0.25) is 0 Å². The van der Waals surface area contributed by atoms with E-state index in [0.717, 1.165) is 35.3 Å². The number of carbonyl (C=O) groups excluding carboxylic acids is 1. The van der Waals surface area contributed by atoms with Gasteiger partial charge in [-0.05, 0) is 62.1 Å². The Labute approximate surface area is 189 Å². The summed E-state index contributed by atoms with van der Waals surface area (Å²) in [6.45, 7) is 0.441. The molecule has 5 rings (SSSR count). The number of benzene rings is 2. The van der Waals surface area contributed by atoms with Gasteiger partial charge in [-0.25, -0.2) is 0 Å². The number of nitrogens with zero attached hydrogens (tertiary/aromatic N) is 2. The number of carbonyl (C=O) groups is 1. The quantitative estimate of drug-likeness (QED) is 0.621. The molecule has 3 heterocycles. The first-order valence-corrected chi connectivity index (χ1v) is 11.4. The zero-order valence-electron chi connectivity index (χ0n) is 18.4. The van der Waals surface area contributed by atoms with Crippen LogP contribution in [-0.2, 0) is 6.54 Å². The maximum atomic E-state index is 12.6. The van der Waals surface area contributed by atoms with Crippen LogP contribution < -0.4 is 10.1 Å². The molecule has 1 aromatic heterocycles. The summed E-state index contributed by atoms with van der Waals surface area (Å²) in [5.74, 6) is 0.707. The minimum Gasteiger partial charge on any atom is -0.490 e. The van der Waals surface area contributed by atoms with Crippen molar-refractivity contribution >= 4 is 5.91 Å². The van der Waals surface area contributed by atoms with Gasteiger partial charge in [-0.3, -0.25) is 9.78 Å². The van der Waals surface area contributed by atoms with E-state index in [1.54, 1.807) is 12.3 Å². The lowest BCUT2D eigenvalue weighted by molar-refractivity contribution is 0.0661. The lowest BCUT2D eigenvalue weighted by Gasteiger charge is -2.36. The van der Waals surface area contributed by atoms with Crippen LogP contribution in [0.5, 0.6) is 5.75 Å². The molecule has 2 fully saturated rings. The minimum absolute atomic E-state index is 0.178. The second-order valence-electron chi connectivity index (χ2n) is 8.89. The van der Waals surface area contributed by atoms with Gasteiger partial charge in [0.1, 0.15) is 17.5 Å². The molecular weight excluding hydrogens is 398 g/mol. The van der Waals surface area contributed by atoms with Gasteiger partial charge in [-0.1, -0.05) is 48.5 Å². The van der Waals surface area contributed by atoms with E-state index >= 15 is 0 Å². The first kappa shape index (κ1) is 20.7. The van der Waals surface area contributed by atoms with E-state index in [2.05, 4.69) is 22.2 Å². The predicted molar refractivity (Wildman–Crippen MR) is 126 cm³/mol. The number of amides is 1. The monoisotopic (exact) mass is 427 g/mol. The van der Waals surface area contributed by atoms with Gasteiger partial charge in [-0.15, -0.1) is 0 Å². The highest BCUT2D eigenvalue weighted by Crippen LogP contribution is 2.36. The summed E-state index contributed by atoms with van der Waals surface area (Å²) in [4.78, 5) is 19.4. The maximum Gasteiger partial charge on any atom is 0.270 e. The molecule has 3 atom stereocenters. The van der Waals surface area contributed by atoms with Crippen LogP contribution in [0, 0.1) is 0 Å². The van der Waals surface area contributed by atoms with Crippen LogP contribution in [0.1, 0.15) is 41.7 Å². The summed E-state index contributed by atoms with van der Waals surface area (Å²) in [5, 5.41) is 2.97. The van der Waals surface area contributed by atoms with Gasteiger partial charge in [-0.2, -0.15) is 0 Å². The van der Waals surface area contributed by atoms with Gasteiger partial charge in [0.05, 0.1) is 0 Å². The van der Waals surface area contributed by atoms with E-state index in [9.17, 15) is 4.79 Å². The lowest BCUT2D eigenvalue weighted by atomic mass is 10.0. The predicted octanol–water partition coefficient (Wildman–Crippen LogP) is 4.68. The number of fused-ring (bicyclic) bond motifs is 2. The highest BCUT2D eigenvalue weighted by molar-refractivity contribution is 5.92. The van der Waals surface area contributed by atoms with Gasteiger partial charge in [0, 0.05) is 30.4 Å². The first-order chi connectivity index (χ1) is 15.7. The van der Waals surface area contributed by atoms with Crippen LogP contribution >= 0.6 is 0 Å². The number of ether oxygens (including phenoxy) is 1. The number of hydrogen-bond donors (Lipinski definition) is 1. The largest absolute Gasteiger partial charge is 0.490 e. The molecular formula is C27H29N3O2. The number of piperidine rings is 1. The van der Waals surface area contributed by atoms with Crippen LogP contribution in [0.3, 0.4) is 0 Å². The molecule has 0 saturated carbocycles. The van der Waals surface area contributed by atoms with Crippen molar-refractivity contribution in [3.63, 3.8) is 0 Å². The average molecular weight is 428 g/mol. The van der Waals surface area contributed by atoms with E-state index in [4.69, 9.17) is 4.74 Å². The summed E-state index contributed by atoms with van der Waals surface area (Å²) in [6.07, 6.45) is 6.78. The van der Waals surface area contributed by atoms with Crippen molar-refractivity contribution in [3.05, 3.63) is 84.2 Å². The molecule has 2 bridgehead atoms. The molecule has 1 N–H and O–H groups in total. The smallest absolute Gasteiger partial charge is 0.270 e. The number of aromatic nitrogens is 1. The average Bonchev–Trinajstić information content (AvgIpc) is 3.04. The Morgan fingerprint density at radius 1 is 1.00 bits per heavy atom. The molecule has 2 aromatic carbocycles. The SMILES string of the molecule is CN1[C@@H]2CC[C@H]1C[C@H](Oc1cccc(CNC(=O)c3ccc(-c4ccccc4)cn3)c1)C2. The molecule has 164 valence electrons. The maximum absolute atomic E-state index is 12.6. The first-order valence-electron chi connectivity index (χ1n) is 11.4. The second-order valence-corrected chi connectivity index (χ2v) is 8.89. The fraction of sp³-hybridized carbons (Fsp3) is 0.333. The molecule has 1 amide bonds. The van der Waals surface area contributed by atoms with Crippen molar-refractivity contribution in [1.29, 1.82) is 0 Å². The molecule has 0 radical (unpaired) electrons. The Hall–Kier alpha value is -3.18. The number of pyridine rings is 1. The van der Waals surface area contributed by atoms with Crippen LogP contribution in [0.4, 0.5) is 0 Å². The Morgan fingerprint density at radius 2 is 1.78 bits per heavy atom. The summed E-state index contributed by atoms with van der Waals surface area (Å²) in [7, 11) is 2.24. The molecule has 0 spiro atoms. The summed E-state index contributed by atoms with van der Waals surface area (Å²) in [6, 6.07) is 23.1. The number of hydrogen-bond acceptors (Lipinski definition) is 4. The Morgan fingerprint density at radius 3 is 2.50 bits per heavy atom. The molecule has 0 unspecified atom stereocenters. The molecule has 2 aliphatic heterocycles. The normalized spacial score (nSPS) is 22.5. The highest BCUT2D eigenvalue weighted by atomic mass is 16.5. The van der Waals surface area contributed by atoms with Crippen molar-refractivity contribution < 1.29 is 9.53 Å². The fourth-order valence-electron chi connectivity index (χ4n) is 4.98. The van der Waals surface area contributed by atoms with E-state index < -0.39 is 0 Å². The van der Waals surface area contributed by atoms with E-state index in [-0.39, 0.29) is 12.0 Å². The topological polar surface area (TPSA) is 54.5 Å². The molecule has 3 aromatic rings. The van der Waals surface area contributed by atoms with Crippen LogP contribution in [-0.4, -0.2) is 41.0 Å². The molecule has 32 heavy (non-hydrogen) atoms. The van der Waals surface area contributed by atoms with Gasteiger partial charge in [0.25, 0.3) is 5.91 Å². The van der Waals surface area contributed by atoms with Crippen LogP contribution in [0.25, 0.3) is 11.1 Å². The Balaban J connectivity index is 1.17. The highest BCUT2D eigenvalue weighted by Gasteiger charge is 2.39. The molecule has 5 nitrogen and oxygen atoms in total. The molecule has 2 saturated heterocycles. The zero-order chi connectivity index (χ0) is 21.9. The second kappa shape index (κ2) is 9.13. The van der Waals surface area contributed by atoms with Gasteiger partial charge in [0.2, 0.25) is 0 Å². The molecule has 2 aliphatic rings. The summed E-state index contributed by atoms with van der Waals surface area (Å²) < 4.78 is 6.32. The van der Waals surface area contributed by atoms with Gasteiger partial charge < -0.3 is 15.0 Å². The van der Waals surface area contributed by atoms with Gasteiger partial charge >= 0.3 is 0 Å². The third-order valence-electron chi connectivity index (χ3n) is 6.81. The van der Waals surface area contributed by atoms with Crippen molar-refractivity contribution in [2.45, 2.75) is 50.4 Å². The van der Waals surface area contributed by atoms with Crippen molar-refractivity contribution in [1.82, 2.24) is 15.2 Å². The lowest BCUT2D eigenvalue weighted by Crippen LogP contribution is -2.43. The van der Waals surface area contributed by atoms with Crippen molar-refractivity contribution in [3.8, 4) is 16.9 Å². The molecule has 5 heteroatoms. The molecule has 0 aliphatic carbocycles. The Kier molecular flexibility index (Phi) is 5.91. The van der Waals surface area contributed by atoms with Crippen molar-refractivity contribution in [2.24, 2.45) is 0 Å². The van der Waals surface area contributed by atoms with E-state index in [0.29, 0.717) is 24.3 Å².